The molecule has 0 aromatic heterocycles. The minimum Gasteiger partial charge on any atom is -0.356 e. The number of alkyl halides is 3. The van der Waals surface area contributed by atoms with Crippen LogP contribution in [0.5, 0.6) is 0 Å². The molecule has 0 aliphatic heterocycles. The standard InChI is InChI=1S/C13H17F4N3.HI/c1-3-6-19-12(18-2)20-8-9-4-5-10(14)7-11(9)13(15,16)17;/h4-5,7H,3,6,8H2,1-2H3,(H2,18,19,20);1H. The Kier molecular flexibility index (Phi) is 8.60. The molecule has 8 heteroatoms. The van der Waals surface area contributed by atoms with E-state index < -0.39 is 17.6 Å². The van der Waals surface area contributed by atoms with Crippen LogP contribution >= 0.6 is 24.0 Å². The number of hydrogen-bond acceptors (Lipinski definition) is 1. The van der Waals surface area contributed by atoms with Gasteiger partial charge in [0.25, 0.3) is 0 Å². The molecule has 0 amide bonds. The van der Waals surface area contributed by atoms with Gasteiger partial charge in [0.15, 0.2) is 5.96 Å². The quantitative estimate of drug-likeness (QED) is 0.339. The summed E-state index contributed by atoms with van der Waals surface area (Å²) in [5.74, 6) is -0.501. The van der Waals surface area contributed by atoms with Crippen LogP contribution in [0, 0.1) is 5.82 Å². The summed E-state index contributed by atoms with van der Waals surface area (Å²) in [6, 6.07) is 2.63. The van der Waals surface area contributed by atoms with Crippen molar-refractivity contribution in [3.8, 4) is 0 Å². The van der Waals surface area contributed by atoms with E-state index in [4.69, 9.17) is 0 Å². The molecule has 120 valence electrons. The second-order valence-corrected chi connectivity index (χ2v) is 4.15. The molecule has 0 aliphatic rings. The van der Waals surface area contributed by atoms with Gasteiger partial charge in [0.1, 0.15) is 5.82 Å². The lowest BCUT2D eigenvalue weighted by Crippen LogP contribution is -2.37. The molecular formula is C13H18F4IN3. The van der Waals surface area contributed by atoms with Crippen molar-refractivity contribution in [2.75, 3.05) is 13.6 Å². The van der Waals surface area contributed by atoms with E-state index in [1.165, 1.54) is 7.05 Å². The molecule has 1 aromatic carbocycles. The van der Waals surface area contributed by atoms with Crippen LogP contribution in [0.3, 0.4) is 0 Å². The fourth-order valence-electron chi connectivity index (χ4n) is 1.61. The number of guanidine groups is 1. The van der Waals surface area contributed by atoms with E-state index in [2.05, 4.69) is 15.6 Å². The third-order valence-electron chi connectivity index (χ3n) is 2.59. The number of halogens is 5. The monoisotopic (exact) mass is 419 g/mol. The van der Waals surface area contributed by atoms with Gasteiger partial charge in [-0.15, -0.1) is 24.0 Å². The molecule has 0 atom stereocenters. The Morgan fingerprint density at radius 1 is 1.24 bits per heavy atom. The number of benzene rings is 1. The van der Waals surface area contributed by atoms with Crippen molar-refractivity contribution in [3.05, 3.63) is 35.1 Å². The topological polar surface area (TPSA) is 36.4 Å². The summed E-state index contributed by atoms with van der Waals surface area (Å²) in [5, 5.41) is 5.71. The Bertz CT molecular complexity index is 475. The fourth-order valence-corrected chi connectivity index (χ4v) is 1.61. The molecule has 0 spiro atoms. The van der Waals surface area contributed by atoms with Crippen molar-refractivity contribution in [1.29, 1.82) is 0 Å². The third kappa shape index (κ3) is 6.49. The predicted octanol–water partition coefficient (Wildman–Crippen LogP) is 3.54. The second-order valence-electron chi connectivity index (χ2n) is 4.15. The lowest BCUT2D eigenvalue weighted by Gasteiger charge is -2.15. The number of aliphatic imine (C=N–C) groups is 1. The van der Waals surface area contributed by atoms with Crippen LogP contribution in [-0.4, -0.2) is 19.6 Å². The van der Waals surface area contributed by atoms with Gasteiger partial charge in [0, 0.05) is 20.1 Å². The zero-order chi connectivity index (χ0) is 15.2. The van der Waals surface area contributed by atoms with Crippen molar-refractivity contribution >= 4 is 29.9 Å². The molecule has 0 heterocycles. The van der Waals surface area contributed by atoms with Gasteiger partial charge in [-0.2, -0.15) is 13.2 Å². The Balaban J connectivity index is 0.00000400. The predicted molar refractivity (Wildman–Crippen MR) is 85.3 cm³/mol. The van der Waals surface area contributed by atoms with Gasteiger partial charge < -0.3 is 10.6 Å². The van der Waals surface area contributed by atoms with Crippen LogP contribution in [-0.2, 0) is 12.7 Å². The lowest BCUT2D eigenvalue weighted by atomic mass is 10.1. The molecule has 3 nitrogen and oxygen atoms in total. The normalized spacial score (nSPS) is 11.8. The van der Waals surface area contributed by atoms with Crippen LogP contribution in [0.1, 0.15) is 24.5 Å². The molecule has 0 fully saturated rings. The summed E-state index contributed by atoms with van der Waals surface area (Å²) in [6.07, 6.45) is -3.72. The molecule has 0 saturated carbocycles. The number of rotatable bonds is 4. The highest BCUT2D eigenvalue weighted by molar-refractivity contribution is 14.0. The fraction of sp³-hybridized carbons (Fsp3) is 0.462. The maximum Gasteiger partial charge on any atom is 0.416 e. The maximum atomic E-state index is 13.0. The highest BCUT2D eigenvalue weighted by Crippen LogP contribution is 2.32. The summed E-state index contributed by atoms with van der Waals surface area (Å²) in [4.78, 5) is 3.89. The summed E-state index contributed by atoms with van der Waals surface area (Å²) >= 11 is 0. The average molecular weight is 419 g/mol. The maximum absolute atomic E-state index is 13.0. The van der Waals surface area contributed by atoms with E-state index in [0.717, 1.165) is 18.6 Å². The Morgan fingerprint density at radius 2 is 1.90 bits per heavy atom. The largest absolute Gasteiger partial charge is 0.416 e. The first-order valence-corrected chi connectivity index (χ1v) is 6.18. The van der Waals surface area contributed by atoms with Crippen molar-refractivity contribution < 1.29 is 17.6 Å². The lowest BCUT2D eigenvalue weighted by molar-refractivity contribution is -0.138. The van der Waals surface area contributed by atoms with Gasteiger partial charge in [-0.1, -0.05) is 13.0 Å². The third-order valence-corrected chi connectivity index (χ3v) is 2.59. The Labute approximate surface area is 138 Å². The molecule has 21 heavy (non-hydrogen) atoms. The smallest absolute Gasteiger partial charge is 0.356 e. The average Bonchev–Trinajstić information content (AvgIpc) is 2.39. The van der Waals surface area contributed by atoms with E-state index in [-0.39, 0.29) is 36.1 Å². The minimum atomic E-state index is -4.58. The highest BCUT2D eigenvalue weighted by atomic mass is 127. The SMILES string of the molecule is CCCNC(=NC)NCc1ccc(F)cc1C(F)(F)F.I. The zero-order valence-corrected chi connectivity index (χ0v) is 14.1. The first-order valence-electron chi connectivity index (χ1n) is 6.18. The highest BCUT2D eigenvalue weighted by Gasteiger charge is 2.33. The van der Waals surface area contributed by atoms with Gasteiger partial charge in [-0.25, -0.2) is 4.39 Å². The van der Waals surface area contributed by atoms with Crippen LogP contribution < -0.4 is 10.6 Å². The molecule has 0 bridgehead atoms. The molecule has 2 N–H and O–H groups in total. The second kappa shape index (κ2) is 9.06. The van der Waals surface area contributed by atoms with Crippen LogP contribution in [0.4, 0.5) is 17.6 Å². The minimum absolute atomic E-state index is 0. The molecule has 1 rings (SSSR count). The van der Waals surface area contributed by atoms with Crippen molar-refractivity contribution in [1.82, 2.24) is 10.6 Å². The van der Waals surface area contributed by atoms with Crippen LogP contribution in [0.2, 0.25) is 0 Å². The summed E-state index contributed by atoms with van der Waals surface area (Å²) in [5.41, 5.74) is -1.01. The number of nitrogens with zero attached hydrogens (tertiary/aromatic N) is 1. The van der Waals surface area contributed by atoms with E-state index >= 15 is 0 Å². The van der Waals surface area contributed by atoms with Crippen LogP contribution in [0.15, 0.2) is 23.2 Å². The molecule has 0 radical (unpaired) electrons. The van der Waals surface area contributed by atoms with Gasteiger partial charge >= 0.3 is 6.18 Å². The van der Waals surface area contributed by atoms with E-state index in [9.17, 15) is 17.6 Å². The first-order chi connectivity index (χ1) is 9.38. The van der Waals surface area contributed by atoms with E-state index in [0.29, 0.717) is 18.6 Å². The number of nitrogens with one attached hydrogen (secondary N) is 2. The molecule has 0 aliphatic carbocycles. The van der Waals surface area contributed by atoms with E-state index in [1.54, 1.807) is 0 Å². The summed E-state index contributed by atoms with van der Waals surface area (Å²) < 4.78 is 51.3. The summed E-state index contributed by atoms with van der Waals surface area (Å²) in [6.45, 7) is 2.54. The van der Waals surface area contributed by atoms with Gasteiger partial charge in [0.05, 0.1) is 5.56 Å². The first kappa shape index (κ1) is 19.9. The van der Waals surface area contributed by atoms with Crippen molar-refractivity contribution in [2.45, 2.75) is 26.1 Å². The Morgan fingerprint density at radius 3 is 2.43 bits per heavy atom. The Hall–Kier alpha value is -1.06. The van der Waals surface area contributed by atoms with E-state index in [1.807, 2.05) is 6.92 Å². The van der Waals surface area contributed by atoms with Crippen molar-refractivity contribution in [3.63, 3.8) is 0 Å². The van der Waals surface area contributed by atoms with Gasteiger partial charge in [0.2, 0.25) is 0 Å². The van der Waals surface area contributed by atoms with Gasteiger partial charge in [-0.05, 0) is 24.1 Å². The van der Waals surface area contributed by atoms with Crippen LogP contribution in [0.25, 0.3) is 0 Å². The molecule has 1 aromatic rings. The van der Waals surface area contributed by atoms with Gasteiger partial charge in [-0.3, -0.25) is 4.99 Å². The molecular weight excluding hydrogens is 401 g/mol. The number of hydrogen-bond donors (Lipinski definition) is 2. The van der Waals surface area contributed by atoms with Crippen molar-refractivity contribution in [2.24, 2.45) is 4.99 Å². The molecule has 0 unspecified atom stereocenters. The summed E-state index contributed by atoms with van der Waals surface area (Å²) in [7, 11) is 1.53. The molecule has 0 saturated heterocycles. The zero-order valence-electron chi connectivity index (χ0n) is 11.7.